The van der Waals surface area contributed by atoms with Gasteiger partial charge in [-0.15, -0.1) is 11.3 Å². The van der Waals surface area contributed by atoms with E-state index in [-0.39, 0.29) is 12.1 Å². The minimum atomic E-state index is -0.677. The molecule has 2 aliphatic rings. The molecular weight excluding hydrogens is 306 g/mol. The van der Waals surface area contributed by atoms with E-state index in [0.29, 0.717) is 31.2 Å². The molecule has 1 saturated heterocycles. The molecule has 1 aliphatic heterocycles. The molecule has 0 aromatic carbocycles. The van der Waals surface area contributed by atoms with E-state index >= 15 is 0 Å². The van der Waals surface area contributed by atoms with E-state index in [0.717, 1.165) is 19.3 Å². The average Bonchev–Trinajstić information content (AvgIpc) is 2.98. The van der Waals surface area contributed by atoms with Gasteiger partial charge in [-0.2, -0.15) is 0 Å². The molecule has 1 aromatic heterocycles. The molecule has 0 unspecified atom stereocenters. The Hall–Kier alpha value is -1.67. The molecule has 1 aliphatic carbocycles. The van der Waals surface area contributed by atoms with Crippen molar-refractivity contribution in [2.45, 2.75) is 44.2 Å². The highest BCUT2D eigenvalue weighted by Crippen LogP contribution is 2.26. The number of amides is 2. The molecule has 120 valence electrons. The number of rotatable bonds is 3. The molecule has 1 aromatic rings. The van der Waals surface area contributed by atoms with Gasteiger partial charge in [-0.05, 0) is 32.1 Å². The molecule has 2 fully saturated rings. The van der Waals surface area contributed by atoms with Crippen LogP contribution in [-0.2, 0) is 9.47 Å². The Morgan fingerprint density at radius 2 is 2.09 bits per heavy atom. The third-order valence-corrected chi connectivity index (χ3v) is 4.76. The molecule has 0 atom stereocenters. The maximum atomic E-state index is 12.4. The number of nitrogens with zero attached hydrogens (tertiary/aromatic N) is 2. The Labute approximate surface area is 132 Å². The highest BCUT2D eigenvalue weighted by Gasteiger charge is 2.32. The standard InChI is InChI=1S/C14H19N3O4S/c18-13(16-10-2-1-3-10)21-14(19)17(12-15-6-9-22-12)11-4-7-20-8-5-11/h6,9-11H,1-5,7-8H2,(H,16,18). The first-order valence-electron chi connectivity index (χ1n) is 7.53. The van der Waals surface area contributed by atoms with Gasteiger partial charge in [0.1, 0.15) is 0 Å². The summed E-state index contributed by atoms with van der Waals surface area (Å²) in [6, 6.07) is 0.0839. The van der Waals surface area contributed by atoms with Crippen molar-refractivity contribution in [2.75, 3.05) is 18.1 Å². The smallest absolute Gasteiger partial charge is 0.381 e. The maximum absolute atomic E-state index is 12.4. The number of ether oxygens (including phenoxy) is 2. The molecule has 0 radical (unpaired) electrons. The van der Waals surface area contributed by atoms with Gasteiger partial charge in [-0.1, -0.05) is 0 Å². The normalized spacial score (nSPS) is 19.3. The van der Waals surface area contributed by atoms with Crippen LogP contribution in [0.15, 0.2) is 11.6 Å². The van der Waals surface area contributed by atoms with Crippen LogP contribution in [0.1, 0.15) is 32.1 Å². The number of aromatic nitrogens is 1. The van der Waals surface area contributed by atoms with Crippen LogP contribution in [0.2, 0.25) is 0 Å². The molecule has 1 saturated carbocycles. The number of alkyl carbamates (subject to hydrolysis) is 1. The molecule has 2 amide bonds. The molecule has 8 heteroatoms. The Kier molecular flexibility index (Phi) is 4.89. The minimum Gasteiger partial charge on any atom is -0.381 e. The lowest BCUT2D eigenvalue weighted by molar-refractivity contribution is 0.0827. The van der Waals surface area contributed by atoms with Gasteiger partial charge >= 0.3 is 12.2 Å². The Morgan fingerprint density at radius 1 is 1.32 bits per heavy atom. The van der Waals surface area contributed by atoms with Crippen molar-refractivity contribution >= 4 is 28.7 Å². The Balaban J connectivity index is 1.65. The lowest BCUT2D eigenvalue weighted by Gasteiger charge is -2.31. The minimum absolute atomic E-state index is 0.0519. The third-order valence-electron chi connectivity index (χ3n) is 3.99. The summed E-state index contributed by atoms with van der Waals surface area (Å²) in [6.07, 6.45) is 4.69. The first kappa shape index (κ1) is 15.2. The number of hydrogen-bond donors (Lipinski definition) is 1. The lowest BCUT2D eigenvalue weighted by Crippen LogP contribution is -2.47. The second-order valence-corrected chi connectivity index (χ2v) is 6.33. The number of anilines is 1. The average molecular weight is 325 g/mol. The van der Waals surface area contributed by atoms with Crippen molar-refractivity contribution < 1.29 is 19.1 Å². The fraction of sp³-hybridized carbons (Fsp3) is 0.643. The van der Waals surface area contributed by atoms with E-state index in [2.05, 4.69) is 10.3 Å². The molecule has 1 N–H and O–H groups in total. The Bertz CT molecular complexity index is 512. The molecule has 0 bridgehead atoms. The lowest BCUT2D eigenvalue weighted by atomic mass is 9.93. The monoisotopic (exact) mass is 325 g/mol. The highest BCUT2D eigenvalue weighted by atomic mass is 32.1. The summed E-state index contributed by atoms with van der Waals surface area (Å²) in [5.41, 5.74) is 0. The van der Waals surface area contributed by atoms with Crippen LogP contribution in [-0.4, -0.2) is 42.5 Å². The van der Waals surface area contributed by atoms with Crippen LogP contribution in [0.4, 0.5) is 14.7 Å². The largest absolute Gasteiger partial charge is 0.425 e. The van der Waals surface area contributed by atoms with Crippen molar-refractivity contribution in [2.24, 2.45) is 0 Å². The fourth-order valence-electron chi connectivity index (χ4n) is 2.54. The second-order valence-electron chi connectivity index (χ2n) is 5.46. The van der Waals surface area contributed by atoms with Gasteiger partial charge in [0.2, 0.25) is 0 Å². The SMILES string of the molecule is O=C(NC1CCC1)OC(=O)N(c1nccs1)C1CCOCC1. The quantitative estimate of drug-likeness (QED) is 0.864. The van der Waals surface area contributed by atoms with Gasteiger partial charge in [0.05, 0.1) is 0 Å². The van der Waals surface area contributed by atoms with Gasteiger partial charge < -0.3 is 14.8 Å². The van der Waals surface area contributed by atoms with Gasteiger partial charge in [-0.3, -0.25) is 0 Å². The molecule has 7 nitrogen and oxygen atoms in total. The van der Waals surface area contributed by atoms with E-state index < -0.39 is 12.2 Å². The zero-order valence-corrected chi connectivity index (χ0v) is 13.0. The number of thiazole rings is 1. The van der Waals surface area contributed by atoms with Crippen LogP contribution in [0.3, 0.4) is 0 Å². The van der Waals surface area contributed by atoms with Crippen molar-refractivity contribution in [1.29, 1.82) is 0 Å². The first-order chi connectivity index (χ1) is 10.7. The Morgan fingerprint density at radius 3 is 2.68 bits per heavy atom. The molecule has 3 rings (SSSR count). The second kappa shape index (κ2) is 7.06. The van der Waals surface area contributed by atoms with Gasteiger partial charge in [0, 0.05) is 36.9 Å². The fourth-order valence-corrected chi connectivity index (χ4v) is 3.24. The predicted octanol–water partition coefficient (Wildman–Crippen LogP) is 2.53. The van der Waals surface area contributed by atoms with Crippen LogP contribution < -0.4 is 10.2 Å². The topological polar surface area (TPSA) is 80.8 Å². The molecule has 0 spiro atoms. The predicted molar refractivity (Wildman–Crippen MR) is 81.1 cm³/mol. The summed E-state index contributed by atoms with van der Waals surface area (Å²) in [4.78, 5) is 29.9. The van der Waals surface area contributed by atoms with Crippen LogP contribution in [0, 0.1) is 0 Å². The number of hydrogen-bond acceptors (Lipinski definition) is 6. The molecule has 2 heterocycles. The summed E-state index contributed by atoms with van der Waals surface area (Å²) in [6.45, 7) is 1.18. The van der Waals surface area contributed by atoms with E-state index in [9.17, 15) is 9.59 Å². The first-order valence-corrected chi connectivity index (χ1v) is 8.41. The molecule has 22 heavy (non-hydrogen) atoms. The maximum Gasteiger partial charge on any atom is 0.425 e. The number of carbonyl (C=O) groups is 2. The van der Waals surface area contributed by atoms with E-state index in [4.69, 9.17) is 9.47 Å². The van der Waals surface area contributed by atoms with E-state index in [1.807, 2.05) is 0 Å². The summed E-state index contributed by atoms with van der Waals surface area (Å²) in [5, 5.41) is 5.04. The summed E-state index contributed by atoms with van der Waals surface area (Å²) in [5.74, 6) is 0. The van der Waals surface area contributed by atoms with E-state index in [1.165, 1.54) is 16.2 Å². The summed E-state index contributed by atoms with van der Waals surface area (Å²) >= 11 is 1.35. The summed E-state index contributed by atoms with van der Waals surface area (Å²) < 4.78 is 10.3. The van der Waals surface area contributed by atoms with Crippen molar-refractivity contribution in [3.05, 3.63) is 11.6 Å². The third kappa shape index (κ3) is 3.56. The van der Waals surface area contributed by atoms with E-state index in [1.54, 1.807) is 11.6 Å². The van der Waals surface area contributed by atoms with Crippen LogP contribution >= 0.6 is 11.3 Å². The molecular formula is C14H19N3O4S. The zero-order valence-electron chi connectivity index (χ0n) is 12.2. The van der Waals surface area contributed by atoms with Crippen LogP contribution in [0.25, 0.3) is 0 Å². The van der Waals surface area contributed by atoms with Crippen molar-refractivity contribution in [3.63, 3.8) is 0 Å². The summed E-state index contributed by atoms with van der Waals surface area (Å²) in [7, 11) is 0. The zero-order chi connectivity index (χ0) is 15.4. The van der Waals surface area contributed by atoms with Gasteiger partial charge in [-0.25, -0.2) is 19.5 Å². The number of nitrogens with one attached hydrogen (secondary N) is 1. The van der Waals surface area contributed by atoms with Crippen molar-refractivity contribution in [1.82, 2.24) is 10.3 Å². The van der Waals surface area contributed by atoms with Gasteiger partial charge in [0.15, 0.2) is 5.13 Å². The van der Waals surface area contributed by atoms with Gasteiger partial charge in [0.25, 0.3) is 0 Å². The van der Waals surface area contributed by atoms with Crippen LogP contribution in [0.5, 0.6) is 0 Å². The number of carbonyl (C=O) groups excluding carboxylic acids is 2. The highest BCUT2D eigenvalue weighted by molar-refractivity contribution is 7.13. The van der Waals surface area contributed by atoms with Crippen molar-refractivity contribution in [3.8, 4) is 0 Å².